The average Bonchev–Trinajstić information content (AvgIpc) is 2.76. The maximum absolute atomic E-state index is 12.8. The van der Waals surface area contributed by atoms with Crippen LogP contribution in [-0.4, -0.2) is 88.2 Å². The topological polar surface area (TPSA) is 277 Å². The van der Waals surface area contributed by atoms with E-state index in [2.05, 4.69) is 10.6 Å². The van der Waals surface area contributed by atoms with Gasteiger partial charge in [-0.1, -0.05) is 0 Å². The molecule has 34 heavy (non-hydrogen) atoms. The molecule has 0 aliphatic rings. The van der Waals surface area contributed by atoms with Gasteiger partial charge in [-0.15, -0.1) is 0 Å². The monoisotopic (exact) mass is 490 g/mol. The van der Waals surface area contributed by atoms with Gasteiger partial charge in [0.2, 0.25) is 23.6 Å². The summed E-state index contributed by atoms with van der Waals surface area (Å²) in [6.45, 7) is -0.608. The predicted octanol–water partition coefficient (Wildman–Crippen LogP) is -3.90. The number of aliphatic hydroxyl groups excluding tert-OH is 1. The number of primary amides is 1. The van der Waals surface area contributed by atoms with Crippen LogP contribution >= 0.6 is 0 Å². The van der Waals surface area contributed by atoms with Crippen molar-refractivity contribution in [3.63, 3.8) is 0 Å². The summed E-state index contributed by atoms with van der Waals surface area (Å²) in [6.07, 6.45) is -0.0654. The third-order valence-corrected chi connectivity index (χ3v) is 4.70. The first-order valence-electron chi connectivity index (χ1n) is 10.6. The minimum atomic E-state index is -1.67. The molecule has 15 heteroatoms. The SMILES string of the molecule is NCCCCC(NC(=O)C(N)CCC(N)=O)C(=O)NC(CCC(=O)O)C(=O)NC(CO)C(=O)O. The fourth-order valence-electron chi connectivity index (χ4n) is 2.74. The van der Waals surface area contributed by atoms with Crippen LogP contribution in [0.1, 0.15) is 44.9 Å². The third kappa shape index (κ3) is 12.7. The van der Waals surface area contributed by atoms with Gasteiger partial charge in [-0.3, -0.25) is 24.0 Å². The molecular weight excluding hydrogens is 456 g/mol. The Kier molecular flexibility index (Phi) is 14.7. The van der Waals surface area contributed by atoms with E-state index < -0.39 is 72.8 Å². The van der Waals surface area contributed by atoms with Crippen LogP contribution in [0, 0.1) is 0 Å². The summed E-state index contributed by atoms with van der Waals surface area (Å²) in [5.41, 5.74) is 16.2. The Morgan fingerprint density at radius 2 is 1.26 bits per heavy atom. The second kappa shape index (κ2) is 16.3. The summed E-state index contributed by atoms with van der Waals surface area (Å²) in [4.78, 5) is 70.6. The second-order valence-corrected chi connectivity index (χ2v) is 7.53. The summed E-state index contributed by atoms with van der Waals surface area (Å²) in [6, 6.07) is -5.44. The van der Waals surface area contributed by atoms with Crippen LogP contribution in [0.25, 0.3) is 0 Å². The van der Waals surface area contributed by atoms with Gasteiger partial charge in [0.05, 0.1) is 12.6 Å². The molecular formula is C19H34N6O9. The Bertz CT molecular complexity index is 733. The molecule has 0 rings (SSSR count). The van der Waals surface area contributed by atoms with Crippen LogP contribution in [0.2, 0.25) is 0 Å². The zero-order valence-electron chi connectivity index (χ0n) is 18.7. The van der Waals surface area contributed by atoms with Crippen molar-refractivity contribution in [3.8, 4) is 0 Å². The molecule has 0 aromatic rings. The highest BCUT2D eigenvalue weighted by atomic mass is 16.4. The van der Waals surface area contributed by atoms with E-state index in [0.29, 0.717) is 19.4 Å². The summed E-state index contributed by atoms with van der Waals surface area (Å²) in [5, 5.41) is 33.7. The third-order valence-electron chi connectivity index (χ3n) is 4.70. The number of nitrogens with one attached hydrogen (secondary N) is 3. The molecule has 194 valence electrons. The smallest absolute Gasteiger partial charge is 0.328 e. The van der Waals surface area contributed by atoms with Crippen molar-refractivity contribution in [2.24, 2.45) is 17.2 Å². The lowest BCUT2D eigenvalue weighted by Crippen LogP contribution is -2.57. The van der Waals surface area contributed by atoms with Crippen LogP contribution in [-0.2, 0) is 28.8 Å². The van der Waals surface area contributed by atoms with E-state index >= 15 is 0 Å². The highest BCUT2D eigenvalue weighted by Gasteiger charge is 2.30. The van der Waals surface area contributed by atoms with Crippen molar-refractivity contribution in [3.05, 3.63) is 0 Å². The number of aliphatic hydroxyl groups is 1. The lowest BCUT2D eigenvalue weighted by Gasteiger charge is -2.25. The molecule has 0 spiro atoms. The van der Waals surface area contributed by atoms with Crippen molar-refractivity contribution < 1.29 is 44.1 Å². The van der Waals surface area contributed by atoms with Gasteiger partial charge in [0.1, 0.15) is 18.1 Å². The first-order valence-corrected chi connectivity index (χ1v) is 10.6. The molecule has 0 aliphatic carbocycles. The molecule has 0 radical (unpaired) electrons. The molecule has 0 aromatic heterocycles. The minimum Gasteiger partial charge on any atom is -0.481 e. The fraction of sp³-hybridized carbons (Fsp3) is 0.684. The van der Waals surface area contributed by atoms with Crippen LogP contribution in [0.15, 0.2) is 0 Å². The second-order valence-electron chi connectivity index (χ2n) is 7.53. The van der Waals surface area contributed by atoms with Crippen molar-refractivity contribution >= 4 is 35.6 Å². The number of carbonyl (C=O) groups excluding carboxylic acids is 4. The van der Waals surface area contributed by atoms with Gasteiger partial charge >= 0.3 is 11.9 Å². The van der Waals surface area contributed by atoms with E-state index in [0.717, 1.165) is 0 Å². The summed E-state index contributed by atoms with van der Waals surface area (Å²) >= 11 is 0. The predicted molar refractivity (Wildman–Crippen MR) is 117 cm³/mol. The fourth-order valence-corrected chi connectivity index (χ4v) is 2.74. The minimum absolute atomic E-state index is 0.0559. The van der Waals surface area contributed by atoms with Gasteiger partial charge in [-0.2, -0.15) is 0 Å². The zero-order chi connectivity index (χ0) is 26.3. The number of carboxylic acids is 2. The van der Waals surface area contributed by atoms with Gasteiger partial charge in [0.25, 0.3) is 0 Å². The molecule has 0 fully saturated rings. The number of rotatable bonds is 18. The van der Waals surface area contributed by atoms with Crippen molar-refractivity contribution in [1.29, 1.82) is 0 Å². The molecule has 0 saturated heterocycles. The number of carboxylic acid groups (broad SMARTS) is 2. The Morgan fingerprint density at radius 1 is 0.735 bits per heavy atom. The van der Waals surface area contributed by atoms with E-state index in [9.17, 15) is 28.8 Å². The van der Waals surface area contributed by atoms with Gasteiger partial charge in [-0.05, 0) is 38.6 Å². The van der Waals surface area contributed by atoms with Gasteiger partial charge < -0.3 is 48.5 Å². The number of nitrogens with two attached hydrogens (primary N) is 3. The van der Waals surface area contributed by atoms with Crippen molar-refractivity contribution in [1.82, 2.24) is 16.0 Å². The van der Waals surface area contributed by atoms with E-state index in [4.69, 9.17) is 32.5 Å². The standard InChI is InChI=1S/C19H34N6O9/c20-8-2-1-3-11(23-16(30)10(21)4-6-14(22)27)17(31)24-12(5-7-15(28)29)18(32)25-13(9-26)19(33)34/h10-13,26H,1-9,20-21H2,(H2,22,27)(H,23,30)(H,24,31)(H,25,32)(H,28,29)(H,33,34). The summed E-state index contributed by atoms with van der Waals surface area (Å²) in [5.74, 6) is -6.06. The lowest BCUT2D eigenvalue weighted by molar-refractivity contribution is -0.144. The first kappa shape index (κ1) is 30.7. The molecule has 4 atom stereocenters. The largest absolute Gasteiger partial charge is 0.481 e. The van der Waals surface area contributed by atoms with E-state index in [1.165, 1.54) is 0 Å². The Labute approximate surface area is 195 Å². The summed E-state index contributed by atoms with van der Waals surface area (Å²) < 4.78 is 0. The van der Waals surface area contributed by atoms with Crippen LogP contribution in [0.4, 0.5) is 0 Å². The first-order chi connectivity index (χ1) is 15.9. The normalized spacial score (nSPS) is 14.2. The molecule has 0 bridgehead atoms. The molecule has 0 heterocycles. The van der Waals surface area contributed by atoms with Gasteiger partial charge in [0.15, 0.2) is 0 Å². The molecule has 4 amide bonds. The maximum Gasteiger partial charge on any atom is 0.328 e. The molecule has 15 nitrogen and oxygen atoms in total. The quantitative estimate of drug-likeness (QED) is 0.0837. The zero-order valence-corrected chi connectivity index (χ0v) is 18.7. The number of amides is 4. The van der Waals surface area contributed by atoms with Gasteiger partial charge in [0, 0.05) is 12.8 Å². The van der Waals surface area contributed by atoms with E-state index in [-0.39, 0.29) is 25.7 Å². The molecule has 0 saturated carbocycles. The highest BCUT2D eigenvalue weighted by molar-refractivity contribution is 5.94. The van der Waals surface area contributed by atoms with Crippen LogP contribution in [0.5, 0.6) is 0 Å². The summed E-state index contributed by atoms with van der Waals surface area (Å²) in [7, 11) is 0. The Morgan fingerprint density at radius 3 is 1.74 bits per heavy atom. The van der Waals surface area contributed by atoms with Crippen molar-refractivity contribution in [2.45, 2.75) is 69.1 Å². The number of hydrogen-bond acceptors (Lipinski definition) is 9. The highest BCUT2D eigenvalue weighted by Crippen LogP contribution is 2.06. The number of unbranched alkanes of at least 4 members (excludes halogenated alkanes) is 1. The molecule has 0 aromatic carbocycles. The number of hydrogen-bond donors (Lipinski definition) is 9. The Hall–Kier alpha value is -3.30. The average molecular weight is 491 g/mol. The molecule has 12 N–H and O–H groups in total. The Balaban J connectivity index is 5.46. The van der Waals surface area contributed by atoms with E-state index in [1.54, 1.807) is 0 Å². The number of carbonyl (C=O) groups is 6. The van der Waals surface area contributed by atoms with Gasteiger partial charge in [-0.25, -0.2) is 4.79 Å². The van der Waals surface area contributed by atoms with Crippen LogP contribution < -0.4 is 33.2 Å². The lowest BCUT2D eigenvalue weighted by atomic mass is 10.0. The molecule has 4 unspecified atom stereocenters. The van der Waals surface area contributed by atoms with Crippen LogP contribution in [0.3, 0.4) is 0 Å². The number of aliphatic carboxylic acids is 2. The van der Waals surface area contributed by atoms with Crippen molar-refractivity contribution in [2.75, 3.05) is 13.2 Å². The van der Waals surface area contributed by atoms with E-state index in [1.807, 2.05) is 5.32 Å². The maximum atomic E-state index is 12.8. The molecule has 0 aliphatic heterocycles.